The van der Waals surface area contributed by atoms with E-state index >= 15 is 0 Å². The van der Waals surface area contributed by atoms with E-state index in [9.17, 15) is 9.59 Å². The number of benzene rings is 2. The van der Waals surface area contributed by atoms with Crippen molar-refractivity contribution in [2.75, 3.05) is 0 Å². The lowest BCUT2D eigenvalue weighted by Gasteiger charge is -2.39. The van der Waals surface area contributed by atoms with Gasteiger partial charge in [-0.25, -0.2) is 0 Å². The molecule has 0 fully saturated rings. The maximum Gasteiger partial charge on any atom is 0.255 e. The van der Waals surface area contributed by atoms with Crippen molar-refractivity contribution in [1.29, 1.82) is 0 Å². The highest BCUT2D eigenvalue weighted by Gasteiger charge is 2.32. The Morgan fingerprint density at radius 2 is 1.27 bits per heavy atom. The molecule has 0 atom stereocenters. The number of carbonyl (C=O) groups is 2. The third kappa shape index (κ3) is 5.50. The van der Waals surface area contributed by atoms with Gasteiger partial charge in [-0.15, -0.1) is 0 Å². The van der Waals surface area contributed by atoms with E-state index in [-0.39, 0.29) is 23.8 Å². The van der Waals surface area contributed by atoms with Crippen LogP contribution in [0, 0.1) is 0 Å². The second kappa shape index (κ2) is 11.9. The minimum atomic E-state index is -0.0471. The quantitative estimate of drug-likeness (QED) is 0.342. The van der Waals surface area contributed by atoms with Crippen LogP contribution < -0.4 is 0 Å². The third-order valence-electron chi connectivity index (χ3n) is 6.03. The van der Waals surface area contributed by atoms with Crippen LogP contribution >= 0.6 is 0 Å². The Morgan fingerprint density at radius 1 is 0.767 bits per heavy atom. The average Bonchev–Trinajstić information content (AvgIpc) is 2.73. The van der Waals surface area contributed by atoms with Crippen molar-refractivity contribution in [3.05, 3.63) is 47.5 Å². The molecule has 0 heterocycles. The van der Waals surface area contributed by atoms with Gasteiger partial charge >= 0.3 is 0 Å². The lowest BCUT2D eigenvalue weighted by Crippen LogP contribution is -2.47. The molecule has 2 aromatic rings. The molecule has 0 N–H and O–H groups in total. The van der Waals surface area contributed by atoms with E-state index < -0.39 is 0 Å². The van der Waals surface area contributed by atoms with Crippen molar-refractivity contribution in [1.82, 2.24) is 4.90 Å². The molecule has 0 aromatic heterocycles. The van der Waals surface area contributed by atoms with Crippen molar-refractivity contribution >= 4 is 22.5 Å². The first-order chi connectivity index (χ1) is 14.5. The second-order valence-electron chi connectivity index (χ2n) is 8.44. The van der Waals surface area contributed by atoms with Gasteiger partial charge in [-0.3, -0.25) is 9.59 Å². The Balaban J connectivity index is 2.69. The lowest BCUT2D eigenvalue weighted by atomic mass is 9.92. The monoisotopic (exact) mass is 409 g/mol. The fourth-order valence-corrected chi connectivity index (χ4v) is 4.73. The van der Waals surface area contributed by atoms with Crippen molar-refractivity contribution in [2.45, 2.75) is 98.1 Å². The molecule has 0 saturated carbocycles. The summed E-state index contributed by atoms with van der Waals surface area (Å²) in [4.78, 5) is 28.9. The Hall–Kier alpha value is -2.16. The summed E-state index contributed by atoms with van der Waals surface area (Å²) >= 11 is 0. The number of hydrogen-bond donors (Lipinski definition) is 0. The molecule has 3 heteroatoms. The van der Waals surface area contributed by atoms with Gasteiger partial charge in [0.15, 0.2) is 5.78 Å². The van der Waals surface area contributed by atoms with Crippen molar-refractivity contribution in [2.24, 2.45) is 0 Å². The van der Waals surface area contributed by atoms with Gasteiger partial charge in [0.1, 0.15) is 0 Å². The highest BCUT2D eigenvalue weighted by molar-refractivity contribution is 6.15. The highest BCUT2D eigenvalue weighted by Crippen LogP contribution is 2.30. The van der Waals surface area contributed by atoms with E-state index in [1.165, 1.54) is 0 Å². The van der Waals surface area contributed by atoms with Crippen molar-refractivity contribution < 1.29 is 9.59 Å². The maximum atomic E-state index is 14.2. The first kappa shape index (κ1) is 24.1. The van der Waals surface area contributed by atoms with E-state index in [1.807, 2.05) is 36.4 Å². The Kier molecular flexibility index (Phi) is 9.55. The molecule has 0 aliphatic carbocycles. The SMILES string of the molecule is CCCC(CCC)N(C(=O)c1c(C(C)=O)ccc2ccccc12)C(CCC)CCC. The highest BCUT2D eigenvalue weighted by atomic mass is 16.2. The molecular formula is C27H39NO2. The van der Waals surface area contributed by atoms with E-state index in [0.717, 1.165) is 62.1 Å². The molecule has 0 bridgehead atoms. The molecular weight excluding hydrogens is 370 g/mol. The summed E-state index contributed by atoms with van der Waals surface area (Å²) in [5.41, 5.74) is 1.14. The van der Waals surface area contributed by atoms with Crippen molar-refractivity contribution in [3.8, 4) is 0 Å². The fraction of sp³-hybridized carbons (Fsp3) is 0.556. The molecule has 2 rings (SSSR count). The van der Waals surface area contributed by atoms with Crippen LogP contribution in [0.2, 0.25) is 0 Å². The Morgan fingerprint density at radius 3 is 1.73 bits per heavy atom. The Labute approximate surface area is 182 Å². The number of carbonyl (C=O) groups excluding carboxylic acids is 2. The van der Waals surface area contributed by atoms with Gasteiger partial charge in [-0.1, -0.05) is 83.7 Å². The molecule has 164 valence electrons. The van der Waals surface area contributed by atoms with Gasteiger partial charge in [0.05, 0.1) is 5.56 Å². The van der Waals surface area contributed by atoms with Crippen LogP contribution in [0.4, 0.5) is 0 Å². The molecule has 3 nitrogen and oxygen atoms in total. The van der Waals surface area contributed by atoms with E-state index in [2.05, 4.69) is 32.6 Å². The lowest BCUT2D eigenvalue weighted by molar-refractivity contribution is 0.0510. The summed E-state index contributed by atoms with van der Waals surface area (Å²) in [7, 11) is 0. The zero-order valence-electron chi connectivity index (χ0n) is 19.5. The summed E-state index contributed by atoms with van der Waals surface area (Å²) in [5.74, 6) is -0.00933. The molecule has 0 aliphatic rings. The van der Waals surface area contributed by atoms with Crippen LogP contribution in [0.3, 0.4) is 0 Å². The van der Waals surface area contributed by atoms with Gasteiger partial charge in [-0.2, -0.15) is 0 Å². The minimum absolute atomic E-state index is 0.0378. The summed E-state index contributed by atoms with van der Waals surface area (Å²) < 4.78 is 0. The molecule has 1 amide bonds. The summed E-state index contributed by atoms with van der Waals surface area (Å²) in [6, 6.07) is 12.2. The minimum Gasteiger partial charge on any atom is -0.333 e. The molecule has 30 heavy (non-hydrogen) atoms. The normalized spacial score (nSPS) is 11.4. The number of ketones is 1. The zero-order chi connectivity index (χ0) is 22.1. The molecule has 2 aromatic carbocycles. The topological polar surface area (TPSA) is 37.4 Å². The predicted octanol–water partition coefficient (Wildman–Crippen LogP) is 7.42. The van der Waals surface area contributed by atoms with Crippen LogP contribution in [0.25, 0.3) is 10.8 Å². The van der Waals surface area contributed by atoms with Gasteiger partial charge in [0.25, 0.3) is 5.91 Å². The van der Waals surface area contributed by atoms with E-state index in [1.54, 1.807) is 6.92 Å². The number of hydrogen-bond acceptors (Lipinski definition) is 2. The van der Waals surface area contributed by atoms with Gasteiger partial charge in [0, 0.05) is 17.6 Å². The standard InChI is InChI=1S/C27H39NO2/c1-6-12-22(13-7-2)28(23(14-8-3)15-9-4)27(30)26-24(20(5)29)19-18-21-16-10-11-17-25(21)26/h10-11,16-19,22-23H,6-9,12-15H2,1-5H3. The Bertz CT molecular complexity index is 814. The fourth-order valence-electron chi connectivity index (χ4n) is 4.73. The smallest absolute Gasteiger partial charge is 0.255 e. The number of Topliss-reactive ketones (excluding diaryl/α,β-unsaturated/α-hetero) is 1. The van der Waals surface area contributed by atoms with Gasteiger partial charge in [-0.05, 0) is 49.4 Å². The van der Waals surface area contributed by atoms with Crippen LogP contribution in [-0.2, 0) is 0 Å². The average molecular weight is 410 g/mol. The van der Waals surface area contributed by atoms with E-state index in [4.69, 9.17) is 0 Å². The number of rotatable bonds is 12. The third-order valence-corrected chi connectivity index (χ3v) is 6.03. The zero-order valence-corrected chi connectivity index (χ0v) is 19.5. The van der Waals surface area contributed by atoms with Crippen LogP contribution in [0.15, 0.2) is 36.4 Å². The molecule has 0 unspecified atom stereocenters. The first-order valence-electron chi connectivity index (χ1n) is 11.8. The number of amides is 1. The van der Waals surface area contributed by atoms with Crippen LogP contribution in [-0.4, -0.2) is 28.7 Å². The maximum absolute atomic E-state index is 14.2. The summed E-state index contributed by atoms with van der Waals surface area (Å²) in [5, 5.41) is 1.90. The van der Waals surface area contributed by atoms with Gasteiger partial charge in [0.2, 0.25) is 0 Å². The predicted molar refractivity (Wildman–Crippen MR) is 127 cm³/mol. The molecule has 0 aliphatic heterocycles. The number of fused-ring (bicyclic) bond motifs is 1. The summed E-state index contributed by atoms with van der Waals surface area (Å²) in [6.07, 6.45) is 8.22. The van der Waals surface area contributed by atoms with Crippen LogP contribution in [0.5, 0.6) is 0 Å². The van der Waals surface area contributed by atoms with E-state index in [0.29, 0.717) is 11.1 Å². The van der Waals surface area contributed by atoms with Gasteiger partial charge < -0.3 is 4.90 Å². The van der Waals surface area contributed by atoms with Crippen molar-refractivity contribution in [3.63, 3.8) is 0 Å². The number of nitrogens with zero attached hydrogens (tertiary/aromatic N) is 1. The molecule has 0 radical (unpaired) electrons. The second-order valence-corrected chi connectivity index (χ2v) is 8.44. The first-order valence-corrected chi connectivity index (χ1v) is 11.8. The van der Waals surface area contributed by atoms with Crippen LogP contribution in [0.1, 0.15) is 107 Å². The molecule has 0 spiro atoms. The molecule has 0 saturated heterocycles. The summed E-state index contributed by atoms with van der Waals surface area (Å²) in [6.45, 7) is 10.3. The largest absolute Gasteiger partial charge is 0.333 e.